The van der Waals surface area contributed by atoms with Gasteiger partial charge in [0.25, 0.3) is 0 Å². The van der Waals surface area contributed by atoms with Gasteiger partial charge in [-0.1, -0.05) is 17.7 Å². The molecule has 4 heteroatoms. The van der Waals surface area contributed by atoms with Gasteiger partial charge < -0.3 is 10.5 Å². The lowest BCUT2D eigenvalue weighted by molar-refractivity contribution is 0.306. The van der Waals surface area contributed by atoms with Crippen LogP contribution in [-0.4, -0.2) is 12.4 Å². The number of amidine groups is 1. The van der Waals surface area contributed by atoms with E-state index in [2.05, 4.69) is 0 Å². The van der Waals surface area contributed by atoms with Crippen molar-refractivity contribution >= 4 is 17.4 Å². The second-order valence-electron chi connectivity index (χ2n) is 3.74. The summed E-state index contributed by atoms with van der Waals surface area (Å²) in [4.78, 5) is 0. The molecule has 0 aliphatic carbocycles. The zero-order chi connectivity index (χ0) is 12.0. The van der Waals surface area contributed by atoms with Crippen molar-refractivity contribution in [2.24, 2.45) is 5.73 Å². The zero-order valence-corrected chi connectivity index (χ0v) is 10.2. The average Bonchev–Trinajstić information content (AvgIpc) is 2.22. The minimum absolute atomic E-state index is 0.235. The van der Waals surface area contributed by atoms with Crippen molar-refractivity contribution in [3.8, 4) is 5.75 Å². The minimum Gasteiger partial charge on any atom is -0.493 e. The van der Waals surface area contributed by atoms with Crippen LogP contribution in [0.15, 0.2) is 18.2 Å². The van der Waals surface area contributed by atoms with Gasteiger partial charge >= 0.3 is 0 Å². The highest BCUT2D eigenvalue weighted by Crippen LogP contribution is 2.22. The smallest absolute Gasteiger partial charge is 0.123 e. The lowest BCUT2D eigenvalue weighted by atomic mass is 10.2. The second kappa shape index (κ2) is 6.38. The van der Waals surface area contributed by atoms with E-state index in [4.69, 9.17) is 27.5 Å². The molecular formula is C12H17ClN2O. The van der Waals surface area contributed by atoms with Crippen LogP contribution in [0.5, 0.6) is 5.75 Å². The molecule has 88 valence electrons. The van der Waals surface area contributed by atoms with Crippen LogP contribution in [0, 0.1) is 12.3 Å². The van der Waals surface area contributed by atoms with Crippen molar-refractivity contribution in [3.63, 3.8) is 0 Å². The van der Waals surface area contributed by atoms with E-state index in [1.165, 1.54) is 0 Å². The van der Waals surface area contributed by atoms with Gasteiger partial charge in [-0.05, 0) is 37.5 Å². The molecule has 0 saturated carbocycles. The highest BCUT2D eigenvalue weighted by molar-refractivity contribution is 6.30. The van der Waals surface area contributed by atoms with Crippen LogP contribution in [0.1, 0.15) is 24.8 Å². The average molecular weight is 241 g/mol. The van der Waals surface area contributed by atoms with Gasteiger partial charge in [-0.3, -0.25) is 5.41 Å². The van der Waals surface area contributed by atoms with E-state index in [0.29, 0.717) is 18.1 Å². The number of aryl methyl sites for hydroxylation is 1. The van der Waals surface area contributed by atoms with E-state index in [1.54, 1.807) is 0 Å². The molecule has 1 aromatic rings. The molecule has 0 unspecified atom stereocenters. The summed E-state index contributed by atoms with van der Waals surface area (Å²) < 4.78 is 5.60. The Hall–Kier alpha value is -1.22. The van der Waals surface area contributed by atoms with Crippen LogP contribution in [0.25, 0.3) is 0 Å². The van der Waals surface area contributed by atoms with E-state index in [1.807, 2.05) is 25.1 Å². The number of halogens is 1. The van der Waals surface area contributed by atoms with Crippen LogP contribution < -0.4 is 10.5 Å². The van der Waals surface area contributed by atoms with Crippen molar-refractivity contribution in [2.75, 3.05) is 6.61 Å². The predicted molar refractivity (Wildman–Crippen MR) is 67.4 cm³/mol. The maximum absolute atomic E-state index is 7.08. The van der Waals surface area contributed by atoms with E-state index in [0.717, 1.165) is 24.2 Å². The third kappa shape index (κ3) is 4.53. The molecule has 1 aromatic carbocycles. The fraction of sp³-hybridized carbons (Fsp3) is 0.417. The molecule has 3 N–H and O–H groups in total. The first-order chi connectivity index (χ1) is 7.59. The molecule has 3 nitrogen and oxygen atoms in total. The molecule has 0 bridgehead atoms. The van der Waals surface area contributed by atoms with Crippen LogP contribution in [0.2, 0.25) is 5.02 Å². The SMILES string of the molecule is Cc1ccc(Cl)cc1OCCCCC(=N)N. The Kier molecular flexibility index (Phi) is 5.12. The number of unbranched alkanes of at least 4 members (excludes halogenated alkanes) is 1. The highest BCUT2D eigenvalue weighted by atomic mass is 35.5. The summed E-state index contributed by atoms with van der Waals surface area (Å²) in [5, 5.41) is 7.76. The topological polar surface area (TPSA) is 59.1 Å². The van der Waals surface area contributed by atoms with Crippen molar-refractivity contribution in [1.29, 1.82) is 5.41 Å². The Morgan fingerprint density at radius 1 is 1.44 bits per heavy atom. The molecule has 0 spiro atoms. The van der Waals surface area contributed by atoms with Gasteiger partial charge in [-0.25, -0.2) is 0 Å². The van der Waals surface area contributed by atoms with Crippen LogP contribution in [0.4, 0.5) is 0 Å². The van der Waals surface area contributed by atoms with Gasteiger partial charge in [-0.2, -0.15) is 0 Å². The second-order valence-corrected chi connectivity index (χ2v) is 4.18. The lowest BCUT2D eigenvalue weighted by Gasteiger charge is -2.09. The summed E-state index contributed by atoms with van der Waals surface area (Å²) in [6.07, 6.45) is 2.42. The number of ether oxygens (including phenoxy) is 1. The molecule has 0 saturated heterocycles. The van der Waals surface area contributed by atoms with Crippen LogP contribution >= 0.6 is 11.6 Å². The summed E-state index contributed by atoms with van der Waals surface area (Å²) in [6.45, 7) is 2.62. The number of rotatable bonds is 6. The maximum atomic E-state index is 7.08. The van der Waals surface area contributed by atoms with Gasteiger partial charge in [0.2, 0.25) is 0 Å². The first-order valence-electron chi connectivity index (χ1n) is 5.31. The fourth-order valence-electron chi connectivity index (χ4n) is 1.33. The highest BCUT2D eigenvalue weighted by Gasteiger charge is 2.00. The molecule has 0 fully saturated rings. The first-order valence-corrected chi connectivity index (χ1v) is 5.69. The molecule has 0 radical (unpaired) electrons. The first kappa shape index (κ1) is 12.8. The summed E-state index contributed by atoms with van der Waals surface area (Å²) in [5.74, 6) is 1.06. The molecule has 16 heavy (non-hydrogen) atoms. The van der Waals surface area contributed by atoms with Gasteiger partial charge in [0.1, 0.15) is 5.75 Å². The summed E-state index contributed by atoms with van der Waals surface area (Å²) in [5.41, 5.74) is 6.33. The minimum atomic E-state index is 0.235. The number of nitrogens with two attached hydrogens (primary N) is 1. The van der Waals surface area contributed by atoms with E-state index in [-0.39, 0.29) is 5.84 Å². The molecule has 0 amide bonds. The molecule has 0 aromatic heterocycles. The predicted octanol–water partition coefficient (Wildman–Crippen LogP) is 3.13. The summed E-state index contributed by atoms with van der Waals surface area (Å²) in [7, 11) is 0. The number of benzene rings is 1. The Labute approximate surface area is 101 Å². The number of nitrogens with one attached hydrogen (secondary N) is 1. The van der Waals surface area contributed by atoms with Crippen molar-refractivity contribution < 1.29 is 4.74 Å². The van der Waals surface area contributed by atoms with Gasteiger partial charge in [0, 0.05) is 11.4 Å². The molecular weight excluding hydrogens is 224 g/mol. The Balaban J connectivity index is 2.31. The van der Waals surface area contributed by atoms with E-state index < -0.39 is 0 Å². The van der Waals surface area contributed by atoms with Crippen LogP contribution in [-0.2, 0) is 0 Å². The molecule has 0 aliphatic heterocycles. The normalized spacial score (nSPS) is 10.1. The molecule has 0 atom stereocenters. The third-order valence-electron chi connectivity index (χ3n) is 2.25. The number of hydrogen-bond acceptors (Lipinski definition) is 2. The van der Waals surface area contributed by atoms with Gasteiger partial charge in [0.05, 0.1) is 12.4 Å². The maximum Gasteiger partial charge on any atom is 0.123 e. The molecule has 0 aliphatic rings. The standard InChI is InChI=1S/C12H17ClN2O/c1-9-5-6-10(13)8-11(9)16-7-3-2-4-12(14)15/h5-6,8H,2-4,7H2,1H3,(H3,14,15). The third-order valence-corrected chi connectivity index (χ3v) is 2.48. The van der Waals surface area contributed by atoms with Gasteiger partial charge in [-0.15, -0.1) is 0 Å². The number of hydrogen-bond donors (Lipinski definition) is 2. The molecule has 1 rings (SSSR count). The summed E-state index contributed by atoms with van der Waals surface area (Å²) >= 11 is 5.87. The quantitative estimate of drug-likeness (QED) is 0.456. The Morgan fingerprint density at radius 2 is 2.19 bits per heavy atom. The van der Waals surface area contributed by atoms with Crippen molar-refractivity contribution in [2.45, 2.75) is 26.2 Å². The van der Waals surface area contributed by atoms with Gasteiger partial charge in [0.15, 0.2) is 0 Å². The monoisotopic (exact) mass is 240 g/mol. The van der Waals surface area contributed by atoms with E-state index >= 15 is 0 Å². The zero-order valence-electron chi connectivity index (χ0n) is 9.42. The summed E-state index contributed by atoms with van der Waals surface area (Å²) in [6, 6.07) is 5.61. The largest absolute Gasteiger partial charge is 0.493 e. The molecule has 0 heterocycles. The van der Waals surface area contributed by atoms with E-state index in [9.17, 15) is 0 Å². The van der Waals surface area contributed by atoms with Crippen molar-refractivity contribution in [3.05, 3.63) is 28.8 Å². The fourth-order valence-corrected chi connectivity index (χ4v) is 1.49. The Morgan fingerprint density at radius 3 is 2.88 bits per heavy atom. The van der Waals surface area contributed by atoms with Crippen molar-refractivity contribution in [1.82, 2.24) is 0 Å². The Bertz CT molecular complexity index is 366. The lowest BCUT2D eigenvalue weighted by Crippen LogP contribution is -2.09. The van der Waals surface area contributed by atoms with Crippen LogP contribution in [0.3, 0.4) is 0 Å².